The van der Waals surface area contributed by atoms with E-state index in [4.69, 9.17) is 27.6 Å². The lowest BCUT2D eigenvalue weighted by atomic mass is 10.1. The van der Waals surface area contributed by atoms with E-state index in [2.05, 4.69) is 5.10 Å². The highest BCUT2D eigenvalue weighted by Crippen LogP contribution is 2.27. The monoisotopic (exact) mass is 288 g/mol. The minimum Gasteiger partial charge on any atom is -0.447 e. The molecule has 0 aliphatic carbocycles. The molecule has 2 aromatic rings. The van der Waals surface area contributed by atoms with Crippen LogP contribution in [0.25, 0.3) is 0 Å². The van der Waals surface area contributed by atoms with Gasteiger partial charge in [-0.15, -0.1) is 0 Å². The molecule has 0 radical (unpaired) electrons. The second kappa shape index (κ2) is 5.34. The molecule has 2 rings (SSSR count). The molecule has 2 heterocycles. The van der Waals surface area contributed by atoms with Crippen LogP contribution in [0.15, 0.2) is 16.5 Å². The minimum atomic E-state index is -0.781. The maximum absolute atomic E-state index is 10.1. The number of rotatable bonds is 4. The summed E-state index contributed by atoms with van der Waals surface area (Å²) in [7, 11) is 0. The molecule has 0 aliphatic rings. The number of aliphatic hydroxyl groups excluding tert-OH is 1. The SMILES string of the molecule is CCn1nc(C)c(Cl)c1CC(O)c1ccc(Cl)o1. The Kier molecular flexibility index (Phi) is 4.00. The van der Waals surface area contributed by atoms with Crippen molar-refractivity contribution in [2.75, 3.05) is 0 Å². The fourth-order valence-corrected chi connectivity index (χ4v) is 2.22. The predicted molar refractivity (Wildman–Crippen MR) is 70.0 cm³/mol. The van der Waals surface area contributed by atoms with Crippen LogP contribution < -0.4 is 0 Å². The molecule has 1 unspecified atom stereocenters. The zero-order chi connectivity index (χ0) is 13.3. The second-order valence-corrected chi connectivity index (χ2v) is 4.77. The Labute approximate surface area is 115 Å². The van der Waals surface area contributed by atoms with Crippen molar-refractivity contribution in [2.45, 2.75) is 32.9 Å². The van der Waals surface area contributed by atoms with Gasteiger partial charge in [-0.25, -0.2) is 0 Å². The van der Waals surface area contributed by atoms with Crippen LogP contribution in [-0.2, 0) is 13.0 Å². The summed E-state index contributed by atoms with van der Waals surface area (Å²) < 4.78 is 6.96. The van der Waals surface area contributed by atoms with E-state index in [1.165, 1.54) is 0 Å². The van der Waals surface area contributed by atoms with Crippen LogP contribution in [0.4, 0.5) is 0 Å². The summed E-state index contributed by atoms with van der Waals surface area (Å²) >= 11 is 11.9. The van der Waals surface area contributed by atoms with E-state index in [0.717, 1.165) is 11.4 Å². The third-order valence-electron chi connectivity index (χ3n) is 2.76. The Morgan fingerprint density at radius 3 is 2.72 bits per heavy atom. The van der Waals surface area contributed by atoms with E-state index in [1.54, 1.807) is 16.8 Å². The number of nitrogens with zero attached hydrogens (tertiary/aromatic N) is 2. The first-order valence-corrected chi connectivity index (χ1v) is 6.43. The van der Waals surface area contributed by atoms with Gasteiger partial charge in [-0.2, -0.15) is 5.10 Å². The van der Waals surface area contributed by atoms with Gasteiger partial charge in [0.1, 0.15) is 11.9 Å². The first-order valence-electron chi connectivity index (χ1n) is 5.68. The van der Waals surface area contributed by atoms with Crippen LogP contribution in [-0.4, -0.2) is 14.9 Å². The quantitative estimate of drug-likeness (QED) is 0.938. The fraction of sp³-hybridized carbons (Fsp3) is 0.417. The normalized spacial score (nSPS) is 12.9. The van der Waals surface area contributed by atoms with Crippen LogP contribution in [0.5, 0.6) is 0 Å². The van der Waals surface area contributed by atoms with Gasteiger partial charge >= 0.3 is 0 Å². The molecule has 4 nitrogen and oxygen atoms in total. The number of furan rings is 1. The lowest BCUT2D eigenvalue weighted by Crippen LogP contribution is -2.08. The van der Waals surface area contributed by atoms with E-state index in [-0.39, 0.29) is 5.22 Å². The van der Waals surface area contributed by atoms with E-state index < -0.39 is 6.10 Å². The molecule has 98 valence electrons. The standard InChI is InChI=1S/C12H14Cl2N2O2/c1-3-16-8(12(14)7(2)15-16)6-9(17)10-4-5-11(13)18-10/h4-5,9,17H,3,6H2,1-2H3. The molecule has 0 fully saturated rings. The summed E-state index contributed by atoms with van der Waals surface area (Å²) in [5, 5.41) is 15.2. The Balaban J connectivity index is 2.23. The van der Waals surface area contributed by atoms with Crippen molar-refractivity contribution in [1.29, 1.82) is 0 Å². The third-order valence-corrected chi connectivity index (χ3v) is 3.46. The van der Waals surface area contributed by atoms with Crippen LogP contribution in [0.1, 0.15) is 30.2 Å². The van der Waals surface area contributed by atoms with Crippen LogP contribution >= 0.6 is 23.2 Å². The first kappa shape index (κ1) is 13.5. The lowest BCUT2D eigenvalue weighted by Gasteiger charge is -2.09. The Morgan fingerprint density at radius 1 is 1.44 bits per heavy atom. The van der Waals surface area contributed by atoms with E-state index in [1.807, 2.05) is 13.8 Å². The molecule has 0 saturated carbocycles. The number of aromatic nitrogens is 2. The summed E-state index contributed by atoms with van der Waals surface area (Å²) in [6, 6.07) is 3.25. The molecular formula is C12H14Cl2N2O2. The van der Waals surface area contributed by atoms with Gasteiger partial charge in [0.25, 0.3) is 0 Å². The molecule has 0 saturated heterocycles. The maximum Gasteiger partial charge on any atom is 0.193 e. The Bertz CT molecular complexity index is 548. The Hall–Kier alpha value is -0.970. The molecule has 0 spiro atoms. The topological polar surface area (TPSA) is 51.2 Å². The van der Waals surface area contributed by atoms with Gasteiger partial charge in [-0.05, 0) is 37.6 Å². The molecular weight excluding hydrogens is 275 g/mol. The predicted octanol–water partition coefficient (Wildman–Crippen LogP) is 3.39. The highest BCUT2D eigenvalue weighted by Gasteiger charge is 2.19. The molecule has 0 bridgehead atoms. The average Bonchev–Trinajstić information content (AvgIpc) is 2.88. The molecule has 6 heteroatoms. The van der Waals surface area contributed by atoms with Gasteiger partial charge in [0.05, 0.1) is 16.4 Å². The molecule has 0 aliphatic heterocycles. The molecule has 1 atom stereocenters. The van der Waals surface area contributed by atoms with Gasteiger partial charge in [0, 0.05) is 13.0 Å². The number of hydrogen-bond acceptors (Lipinski definition) is 3. The van der Waals surface area contributed by atoms with Gasteiger partial charge in [-0.3, -0.25) is 4.68 Å². The van der Waals surface area contributed by atoms with Crippen molar-refractivity contribution in [3.8, 4) is 0 Å². The molecule has 1 N–H and O–H groups in total. The maximum atomic E-state index is 10.1. The van der Waals surface area contributed by atoms with Gasteiger partial charge in [-0.1, -0.05) is 11.6 Å². The molecule has 18 heavy (non-hydrogen) atoms. The largest absolute Gasteiger partial charge is 0.447 e. The van der Waals surface area contributed by atoms with Crippen molar-refractivity contribution >= 4 is 23.2 Å². The highest BCUT2D eigenvalue weighted by molar-refractivity contribution is 6.31. The third kappa shape index (κ3) is 2.55. The van der Waals surface area contributed by atoms with Crippen molar-refractivity contribution in [3.63, 3.8) is 0 Å². The van der Waals surface area contributed by atoms with E-state index in [9.17, 15) is 5.11 Å². The van der Waals surface area contributed by atoms with Gasteiger partial charge < -0.3 is 9.52 Å². The Morgan fingerprint density at radius 2 is 2.17 bits per heavy atom. The van der Waals surface area contributed by atoms with Crippen LogP contribution in [0.2, 0.25) is 10.2 Å². The molecule has 0 amide bonds. The molecule has 0 aromatic carbocycles. The number of hydrogen-bond donors (Lipinski definition) is 1. The molecule has 2 aromatic heterocycles. The summed E-state index contributed by atoms with van der Waals surface area (Å²) in [6.07, 6.45) is -0.437. The number of aryl methyl sites for hydroxylation is 2. The van der Waals surface area contributed by atoms with E-state index in [0.29, 0.717) is 23.7 Å². The minimum absolute atomic E-state index is 0.260. The first-order chi connectivity index (χ1) is 8.52. The van der Waals surface area contributed by atoms with Crippen LogP contribution in [0, 0.1) is 6.92 Å². The zero-order valence-electron chi connectivity index (χ0n) is 10.2. The summed E-state index contributed by atoms with van der Waals surface area (Å²) in [4.78, 5) is 0. The summed E-state index contributed by atoms with van der Waals surface area (Å²) in [5.74, 6) is 0.428. The zero-order valence-corrected chi connectivity index (χ0v) is 11.7. The smallest absolute Gasteiger partial charge is 0.193 e. The van der Waals surface area contributed by atoms with E-state index >= 15 is 0 Å². The summed E-state index contributed by atoms with van der Waals surface area (Å²) in [5.41, 5.74) is 1.56. The highest BCUT2D eigenvalue weighted by atomic mass is 35.5. The van der Waals surface area contributed by atoms with Crippen molar-refractivity contribution < 1.29 is 9.52 Å². The van der Waals surface area contributed by atoms with Gasteiger partial charge in [0.2, 0.25) is 0 Å². The van der Waals surface area contributed by atoms with Crippen molar-refractivity contribution in [3.05, 3.63) is 39.5 Å². The number of aliphatic hydroxyl groups is 1. The number of halogens is 2. The lowest BCUT2D eigenvalue weighted by molar-refractivity contribution is 0.148. The van der Waals surface area contributed by atoms with Crippen molar-refractivity contribution in [2.24, 2.45) is 0 Å². The fourth-order valence-electron chi connectivity index (χ4n) is 1.86. The summed E-state index contributed by atoms with van der Waals surface area (Å²) in [6.45, 7) is 4.52. The second-order valence-electron chi connectivity index (χ2n) is 4.02. The average molecular weight is 289 g/mol. The van der Waals surface area contributed by atoms with Crippen molar-refractivity contribution in [1.82, 2.24) is 9.78 Å². The van der Waals surface area contributed by atoms with Gasteiger partial charge in [0.15, 0.2) is 5.22 Å². The van der Waals surface area contributed by atoms with Crippen LogP contribution in [0.3, 0.4) is 0 Å².